The number of hydrogen-bond donors (Lipinski definition) is 1. The van der Waals surface area contributed by atoms with Gasteiger partial charge in [0, 0.05) is 30.7 Å². The summed E-state index contributed by atoms with van der Waals surface area (Å²) in [5.41, 5.74) is 0.207. The molecule has 1 aliphatic carbocycles. The van der Waals surface area contributed by atoms with Gasteiger partial charge in [-0.15, -0.1) is 0 Å². The molecule has 4 nitrogen and oxygen atoms in total. The zero-order valence-corrected chi connectivity index (χ0v) is 20.1. The van der Waals surface area contributed by atoms with Gasteiger partial charge in [0.1, 0.15) is 5.82 Å². The monoisotopic (exact) mass is 493 g/mol. The minimum absolute atomic E-state index is 0.0913. The van der Waals surface area contributed by atoms with Gasteiger partial charge >= 0.3 is 6.18 Å². The number of nitrogens with one attached hydrogen (secondary N) is 1. The lowest BCUT2D eigenvalue weighted by Gasteiger charge is -2.55. The van der Waals surface area contributed by atoms with Crippen molar-refractivity contribution < 1.29 is 22.4 Å². The second kappa shape index (κ2) is 10.2. The highest BCUT2D eigenvalue weighted by Crippen LogP contribution is 2.45. The van der Waals surface area contributed by atoms with Crippen molar-refractivity contribution in [3.63, 3.8) is 0 Å². The first-order valence-corrected chi connectivity index (χ1v) is 13.1. The molecule has 0 spiro atoms. The minimum Gasteiger partial charge on any atom is -0.352 e. The number of hydrogen-bond acceptors (Lipinski definition) is 3. The van der Waals surface area contributed by atoms with Crippen molar-refractivity contribution in [2.24, 2.45) is 11.8 Å². The Bertz CT molecular complexity index is 962. The Morgan fingerprint density at radius 3 is 2.77 bits per heavy atom. The molecule has 5 rings (SSSR count). The summed E-state index contributed by atoms with van der Waals surface area (Å²) >= 11 is 0. The molecule has 1 aromatic carbocycles. The number of benzene rings is 1. The van der Waals surface area contributed by atoms with E-state index in [0.29, 0.717) is 30.6 Å². The fourth-order valence-corrected chi connectivity index (χ4v) is 6.97. The SMILES string of the molecule is O=C(NCCCCN1CCCC2=C[C@H]3C[C@H](CN4CCCC[C@H]34)[C@@H]21)c1ccc(C(F)(F)F)c(F)c1. The summed E-state index contributed by atoms with van der Waals surface area (Å²) < 4.78 is 51.9. The van der Waals surface area contributed by atoms with Gasteiger partial charge in [-0.05, 0) is 94.6 Å². The van der Waals surface area contributed by atoms with E-state index in [2.05, 4.69) is 21.2 Å². The molecule has 1 N–H and O–H groups in total. The van der Waals surface area contributed by atoms with Crippen LogP contribution in [0.5, 0.6) is 0 Å². The lowest BCUT2D eigenvalue weighted by atomic mass is 9.68. The number of likely N-dealkylation sites (tertiary alicyclic amines) is 1. The van der Waals surface area contributed by atoms with Crippen LogP contribution >= 0.6 is 0 Å². The third-order valence-electron chi connectivity index (χ3n) is 8.46. The minimum atomic E-state index is -4.77. The largest absolute Gasteiger partial charge is 0.419 e. The molecule has 4 atom stereocenters. The molecular weight excluding hydrogens is 458 g/mol. The van der Waals surface area contributed by atoms with Crippen LogP contribution in [0.4, 0.5) is 17.6 Å². The standard InChI is InChI=1S/C27H35F4N3O/c28-23-16-19(8-9-22(23)27(29,30)31)26(35)32-10-2-4-11-33-13-5-6-18-14-20-15-21(25(18)33)17-34-12-3-1-7-24(20)34/h8-9,14,16,20-21,24-25H,1-7,10-13,15,17H2,(H,32,35)/t20-,21+,24+,25+/m0/s1. The van der Waals surface area contributed by atoms with Crippen LogP contribution in [-0.2, 0) is 6.18 Å². The van der Waals surface area contributed by atoms with Gasteiger partial charge in [-0.3, -0.25) is 14.6 Å². The number of piperidine rings is 3. The molecule has 3 aliphatic heterocycles. The van der Waals surface area contributed by atoms with Crippen molar-refractivity contribution in [2.45, 2.75) is 69.6 Å². The summed E-state index contributed by atoms with van der Waals surface area (Å²) in [6.07, 6.45) is 7.34. The quantitative estimate of drug-likeness (QED) is 0.334. The van der Waals surface area contributed by atoms with Crippen molar-refractivity contribution in [1.82, 2.24) is 15.1 Å². The molecule has 3 fully saturated rings. The summed E-state index contributed by atoms with van der Waals surface area (Å²) in [6, 6.07) is 3.61. The van der Waals surface area contributed by atoms with Gasteiger partial charge in [-0.25, -0.2) is 4.39 Å². The van der Waals surface area contributed by atoms with Crippen LogP contribution < -0.4 is 5.32 Å². The highest BCUT2D eigenvalue weighted by Gasteiger charge is 2.45. The van der Waals surface area contributed by atoms with Crippen LogP contribution in [0.2, 0.25) is 0 Å². The number of carbonyl (C=O) groups excluding carboxylic acids is 1. The van der Waals surface area contributed by atoms with Crippen molar-refractivity contribution in [3.8, 4) is 0 Å². The van der Waals surface area contributed by atoms with E-state index in [1.54, 1.807) is 5.57 Å². The summed E-state index contributed by atoms with van der Waals surface area (Å²) in [5.74, 6) is -0.528. The Labute approximate surface area is 204 Å². The molecule has 0 unspecified atom stereocenters. The van der Waals surface area contributed by atoms with E-state index in [4.69, 9.17) is 0 Å². The number of nitrogens with zero attached hydrogens (tertiary/aromatic N) is 2. The van der Waals surface area contributed by atoms with Gasteiger partial charge in [0.15, 0.2) is 0 Å². The third-order valence-corrected chi connectivity index (χ3v) is 8.46. The number of unbranched alkanes of at least 4 members (excludes halogenated alkanes) is 1. The Morgan fingerprint density at radius 2 is 1.97 bits per heavy atom. The van der Waals surface area contributed by atoms with Crippen LogP contribution in [0, 0.1) is 17.7 Å². The highest BCUT2D eigenvalue weighted by atomic mass is 19.4. The molecule has 8 heteroatoms. The van der Waals surface area contributed by atoms with Crippen molar-refractivity contribution in [2.75, 3.05) is 32.7 Å². The van der Waals surface area contributed by atoms with Crippen LogP contribution in [0.1, 0.15) is 67.3 Å². The molecule has 1 aromatic rings. The van der Waals surface area contributed by atoms with Gasteiger partial charge in [-0.2, -0.15) is 13.2 Å². The van der Waals surface area contributed by atoms with Crippen molar-refractivity contribution >= 4 is 5.91 Å². The number of fused-ring (bicyclic) bond motifs is 6. The molecule has 35 heavy (non-hydrogen) atoms. The van der Waals surface area contributed by atoms with Gasteiger partial charge in [-0.1, -0.05) is 18.1 Å². The van der Waals surface area contributed by atoms with Crippen LogP contribution in [0.3, 0.4) is 0 Å². The third kappa shape index (κ3) is 5.29. The summed E-state index contributed by atoms with van der Waals surface area (Å²) in [6.45, 7) is 4.99. The summed E-state index contributed by atoms with van der Waals surface area (Å²) in [4.78, 5) is 17.7. The van der Waals surface area contributed by atoms with E-state index in [-0.39, 0.29) is 5.56 Å². The topological polar surface area (TPSA) is 35.6 Å². The maximum Gasteiger partial charge on any atom is 0.419 e. The summed E-state index contributed by atoms with van der Waals surface area (Å²) in [5, 5.41) is 2.72. The lowest BCUT2D eigenvalue weighted by Crippen LogP contribution is -2.59. The lowest BCUT2D eigenvalue weighted by molar-refractivity contribution is -0.140. The molecule has 0 aromatic heterocycles. The second-order valence-corrected chi connectivity index (χ2v) is 10.7. The molecule has 0 saturated carbocycles. The molecule has 3 saturated heterocycles. The highest BCUT2D eigenvalue weighted by molar-refractivity contribution is 5.94. The number of alkyl halides is 3. The Kier molecular flexibility index (Phi) is 7.22. The fourth-order valence-electron chi connectivity index (χ4n) is 6.97. The van der Waals surface area contributed by atoms with E-state index in [1.807, 2.05) is 0 Å². The van der Waals surface area contributed by atoms with E-state index < -0.39 is 23.5 Å². The van der Waals surface area contributed by atoms with E-state index in [9.17, 15) is 22.4 Å². The number of rotatable bonds is 6. The number of halogens is 4. The molecule has 192 valence electrons. The number of amides is 1. The predicted octanol–water partition coefficient (Wildman–Crippen LogP) is 5.25. The van der Waals surface area contributed by atoms with E-state index >= 15 is 0 Å². The molecule has 3 heterocycles. The van der Waals surface area contributed by atoms with E-state index in [0.717, 1.165) is 44.0 Å². The summed E-state index contributed by atoms with van der Waals surface area (Å²) in [7, 11) is 0. The zero-order valence-electron chi connectivity index (χ0n) is 20.1. The maximum absolute atomic E-state index is 13.8. The molecule has 4 aliphatic rings. The molecular formula is C27H35F4N3O. The predicted molar refractivity (Wildman–Crippen MR) is 126 cm³/mol. The van der Waals surface area contributed by atoms with Crippen molar-refractivity contribution in [1.29, 1.82) is 0 Å². The Morgan fingerprint density at radius 1 is 1.11 bits per heavy atom. The van der Waals surface area contributed by atoms with Gasteiger partial charge in [0.2, 0.25) is 0 Å². The molecule has 0 radical (unpaired) electrons. The van der Waals surface area contributed by atoms with E-state index in [1.165, 1.54) is 51.6 Å². The maximum atomic E-state index is 13.8. The van der Waals surface area contributed by atoms with Crippen LogP contribution in [0.15, 0.2) is 29.8 Å². The first-order valence-electron chi connectivity index (χ1n) is 13.1. The number of carbonyl (C=O) groups is 1. The second-order valence-electron chi connectivity index (χ2n) is 10.7. The first-order chi connectivity index (χ1) is 16.8. The van der Waals surface area contributed by atoms with Gasteiger partial charge in [0.25, 0.3) is 5.91 Å². The van der Waals surface area contributed by atoms with Gasteiger partial charge < -0.3 is 5.32 Å². The first kappa shape index (κ1) is 24.8. The average molecular weight is 494 g/mol. The van der Waals surface area contributed by atoms with Crippen molar-refractivity contribution in [3.05, 3.63) is 46.8 Å². The van der Waals surface area contributed by atoms with Crippen LogP contribution in [-0.4, -0.2) is 60.5 Å². The normalized spacial score (nSPS) is 29.2. The zero-order chi connectivity index (χ0) is 24.6. The smallest absolute Gasteiger partial charge is 0.352 e. The molecule has 2 bridgehead atoms. The Hall–Kier alpha value is -1.93. The van der Waals surface area contributed by atoms with Crippen LogP contribution in [0.25, 0.3) is 0 Å². The van der Waals surface area contributed by atoms with Gasteiger partial charge in [0.05, 0.1) is 5.56 Å². The Balaban J connectivity index is 1.11. The average Bonchev–Trinajstić information content (AvgIpc) is 2.83. The molecule has 1 amide bonds. The fraction of sp³-hybridized carbons (Fsp3) is 0.667.